The van der Waals surface area contributed by atoms with E-state index in [1.54, 1.807) is 0 Å². The maximum atomic E-state index is 8.69. The average molecular weight is 263 g/mol. The molecule has 0 radical (unpaired) electrons. The number of amidine groups is 1. The first-order valence-electron chi connectivity index (χ1n) is 6.79. The standard InChI is InChI=1S/C15H25N3O/c1-15(2,14(16)18-19)10-6-7-11-17-12-13-8-4-3-5-9-13/h3-5,8-9,17,19H,6-7,10-12H2,1-2H3,(H2,16,18). The van der Waals surface area contributed by atoms with Crippen LogP contribution in [0.1, 0.15) is 38.7 Å². The molecular formula is C15H25N3O. The van der Waals surface area contributed by atoms with Gasteiger partial charge < -0.3 is 16.3 Å². The molecule has 1 aromatic carbocycles. The molecule has 0 spiro atoms. The van der Waals surface area contributed by atoms with Gasteiger partial charge in [-0.2, -0.15) is 0 Å². The van der Waals surface area contributed by atoms with Crippen LogP contribution in [0.5, 0.6) is 0 Å². The van der Waals surface area contributed by atoms with Crippen LogP contribution in [0.15, 0.2) is 35.5 Å². The number of benzene rings is 1. The van der Waals surface area contributed by atoms with Crippen LogP contribution in [0.3, 0.4) is 0 Å². The molecule has 0 aliphatic rings. The zero-order valence-electron chi connectivity index (χ0n) is 11.9. The molecule has 4 heteroatoms. The fourth-order valence-electron chi connectivity index (χ4n) is 1.91. The highest BCUT2D eigenvalue weighted by molar-refractivity contribution is 5.85. The minimum absolute atomic E-state index is 0.228. The van der Waals surface area contributed by atoms with Crippen molar-refractivity contribution < 1.29 is 5.21 Å². The molecule has 1 rings (SSSR count). The highest BCUT2D eigenvalue weighted by Gasteiger charge is 2.22. The van der Waals surface area contributed by atoms with Crippen LogP contribution in [0.4, 0.5) is 0 Å². The van der Waals surface area contributed by atoms with Gasteiger partial charge in [0.1, 0.15) is 5.84 Å². The molecule has 0 unspecified atom stereocenters. The third-order valence-electron chi connectivity index (χ3n) is 3.38. The lowest BCUT2D eigenvalue weighted by molar-refractivity contribution is 0.304. The Morgan fingerprint density at radius 3 is 2.58 bits per heavy atom. The van der Waals surface area contributed by atoms with E-state index in [-0.39, 0.29) is 5.41 Å². The number of nitrogens with two attached hydrogens (primary N) is 1. The largest absolute Gasteiger partial charge is 0.409 e. The van der Waals surface area contributed by atoms with Crippen molar-refractivity contribution in [1.82, 2.24) is 5.32 Å². The van der Waals surface area contributed by atoms with Crippen molar-refractivity contribution in [2.24, 2.45) is 16.3 Å². The van der Waals surface area contributed by atoms with Gasteiger partial charge in [-0.25, -0.2) is 0 Å². The second-order valence-electron chi connectivity index (χ2n) is 5.49. The molecule has 0 aromatic heterocycles. The van der Waals surface area contributed by atoms with Gasteiger partial charge in [-0.1, -0.05) is 55.8 Å². The van der Waals surface area contributed by atoms with E-state index in [4.69, 9.17) is 10.9 Å². The third kappa shape index (κ3) is 5.75. The van der Waals surface area contributed by atoms with Gasteiger partial charge in [0.15, 0.2) is 0 Å². The summed E-state index contributed by atoms with van der Waals surface area (Å²) in [6, 6.07) is 10.4. The monoisotopic (exact) mass is 263 g/mol. The van der Waals surface area contributed by atoms with Crippen molar-refractivity contribution >= 4 is 5.84 Å². The van der Waals surface area contributed by atoms with Gasteiger partial charge in [0, 0.05) is 12.0 Å². The van der Waals surface area contributed by atoms with E-state index in [1.165, 1.54) is 5.56 Å². The molecule has 0 heterocycles. The van der Waals surface area contributed by atoms with E-state index in [1.807, 2.05) is 19.9 Å². The van der Waals surface area contributed by atoms with Gasteiger partial charge in [-0.05, 0) is 24.9 Å². The molecule has 0 amide bonds. The van der Waals surface area contributed by atoms with Crippen molar-refractivity contribution in [3.05, 3.63) is 35.9 Å². The van der Waals surface area contributed by atoms with Gasteiger partial charge in [-0.3, -0.25) is 0 Å². The molecule has 0 aliphatic carbocycles. The summed E-state index contributed by atoms with van der Waals surface area (Å²) in [4.78, 5) is 0. The summed E-state index contributed by atoms with van der Waals surface area (Å²) >= 11 is 0. The van der Waals surface area contributed by atoms with Crippen molar-refractivity contribution in [1.29, 1.82) is 0 Å². The van der Waals surface area contributed by atoms with Crippen molar-refractivity contribution in [2.75, 3.05) is 6.54 Å². The van der Waals surface area contributed by atoms with Crippen LogP contribution in [0, 0.1) is 5.41 Å². The first-order valence-corrected chi connectivity index (χ1v) is 6.79. The lowest BCUT2D eigenvalue weighted by atomic mass is 9.86. The van der Waals surface area contributed by atoms with Gasteiger partial charge in [0.2, 0.25) is 0 Å². The van der Waals surface area contributed by atoms with Crippen molar-refractivity contribution in [3.8, 4) is 0 Å². The Kier molecular flexibility index (Phi) is 6.36. The number of nitrogens with one attached hydrogen (secondary N) is 1. The number of hydrogen-bond donors (Lipinski definition) is 3. The molecule has 0 saturated heterocycles. The van der Waals surface area contributed by atoms with E-state index >= 15 is 0 Å². The molecule has 0 bridgehead atoms. The molecule has 0 fully saturated rings. The molecule has 0 aliphatic heterocycles. The van der Waals surface area contributed by atoms with Crippen molar-refractivity contribution in [3.63, 3.8) is 0 Å². The number of nitrogens with zero attached hydrogens (tertiary/aromatic N) is 1. The average Bonchev–Trinajstić information content (AvgIpc) is 2.42. The minimum Gasteiger partial charge on any atom is -0.409 e. The molecule has 4 nitrogen and oxygen atoms in total. The van der Waals surface area contributed by atoms with Gasteiger partial charge >= 0.3 is 0 Å². The molecule has 0 atom stereocenters. The second kappa shape index (κ2) is 7.79. The van der Waals surface area contributed by atoms with E-state index < -0.39 is 0 Å². The van der Waals surface area contributed by atoms with E-state index in [2.05, 4.69) is 34.7 Å². The lowest BCUT2D eigenvalue weighted by Gasteiger charge is -2.22. The number of unbranched alkanes of at least 4 members (excludes halogenated alkanes) is 1. The number of hydrogen-bond acceptors (Lipinski definition) is 3. The summed E-state index contributed by atoms with van der Waals surface area (Å²) in [5.41, 5.74) is 6.73. The summed E-state index contributed by atoms with van der Waals surface area (Å²) in [6.07, 6.45) is 3.08. The van der Waals surface area contributed by atoms with Crippen LogP contribution in [0.25, 0.3) is 0 Å². The Morgan fingerprint density at radius 2 is 1.95 bits per heavy atom. The SMILES string of the molecule is CC(C)(CCCCNCc1ccccc1)/C(N)=N/O. The maximum absolute atomic E-state index is 8.69. The third-order valence-corrected chi connectivity index (χ3v) is 3.38. The van der Waals surface area contributed by atoms with Crippen LogP contribution in [-0.2, 0) is 6.54 Å². The topological polar surface area (TPSA) is 70.6 Å². The van der Waals surface area contributed by atoms with Gasteiger partial charge in [-0.15, -0.1) is 0 Å². The lowest BCUT2D eigenvalue weighted by Crippen LogP contribution is -2.32. The maximum Gasteiger partial charge on any atom is 0.144 e. The Balaban J connectivity index is 2.12. The summed E-state index contributed by atoms with van der Waals surface area (Å²) in [7, 11) is 0. The van der Waals surface area contributed by atoms with E-state index in [0.717, 1.165) is 32.4 Å². The highest BCUT2D eigenvalue weighted by Crippen LogP contribution is 2.23. The molecule has 4 N–H and O–H groups in total. The molecule has 106 valence electrons. The predicted octanol–water partition coefficient (Wildman–Crippen LogP) is 2.72. The summed E-state index contributed by atoms with van der Waals surface area (Å²) in [5, 5.41) is 15.2. The first-order chi connectivity index (χ1) is 9.06. The Hall–Kier alpha value is -1.55. The van der Waals surface area contributed by atoms with E-state index in [9.17, 15) is 0 Å². The smallest absolute Gasteiger partial charge is 0.144 e. The fraction of sp³-hybridized carbons (Fsp3) is 0.533. The van der Waals surface area contributed by atoms with Crippen molar-refractivity contribution in [2.45, 2.75) is 39.7 Å². The summed E-state index contributed by atoms with van der Waals surface area (Å²) < 4.78 is 0. The van der Waals surface area contributed by atoms with Crippen LogP contribution in [-0.4, -0.2) is 17.6 Å². The molecular weight excluding hydrogens is 238 g/mol. The Bertz CT molecular complexity index is 388. The van der Waals surface area contributed by atoms with Crippen LogP contribution < -0.4 is 11.1 Å². The molecule has 0 saturated carbocycles. The molecule has 1 aromatic rings. The van der Waals surface area contributed by atoms with Gasteiger partial charge in [0.05, 0.1) is 0 Å². The number of rotatable bonds is 8. The summed E-state index contributed by atoms with van der Waals surface area (Å²) in [5.74, 6) is 0.310. The first kappa shape index (κ1) is 15.5. The summed E-state index contributed by atoms with van der Waals surface area (Å²) in [6.45, 7) is 5.89. The van der Waals surface area contributed by atoms with Crippen LogP contribution in [0.2, 0.25) is 0 Å². The van der Waals surface area contributed by atoms with Gasteiger partial charge in [0.25, 0.3) is 0 Å². The molecule has 19 heavy (non-hydrogen) atoms. The zero-order chi connectivity index (χ0) is 14.1. The van der Waals surface area contributed by atoms with E-state index in [0.29, 0.717) is 5.84 Å². The zero-order valence-corrected chi connectivity index (χ0v) is 11.9. The quantitative estimate of drug-likeness (QED) is 0.222. The van der Waals surface area contributed by atoms with Crippen LogP contribution >= 0.6 is 0 Å². The Morgan fingerprint density at radius 1 is 1.26 bits per heavy atom. The Labute approximate surface area is 115 Å². The fourth-order valence-corrected chi connectivity index (χ4v) is 1.91. The second-order valence-corrected chi connectivity index (χ2v) is 5.49. The number of oxime groups is 1. The minimum atomic E-state index is -0.228. The highest BCUT2D eigenvalue weighted by atomic mass is 16.4. The normalized spacial score (nSPS) is 12.6. The predicted molar refractivity (Wildman–Crippen MR) is 79.2 cm³/mol.